The number of benzene rings is 1. The first-order valence-corrected chi connectivity index (χ1v) is 9.03. The van der Waals surface area contributed by atoms with E-state index >= 15 is 0 Å². The van der Waals surface area contributed by atoms with Gasteiger partial charge in [0.1, 0.15) is 0 Å². The van der Waals surface area contributed by atoms with Gasteiger partial charge in [0.05, 0.1) is 18.8 Å². The van der Waals surface area contributed by atoms with Crippen LogP contribution in [0.25, 0.3) is 10.4 Å². The smallest absolute Gasteiger partial charge is 0.0681 e. The maximum Gasteiger partial charge on any atom is 0.0681 e. The van der Waals surface area contributed by atoms with Gasteiger partial charge in [-0.3, -0.25) is 0 Å². The van der Waals surface area contributed by atoms with E-state index in [1.165, 1.54) is 11.1 Å². The summed E-state index contributed by atoms with van der Waals surface area (Å²) in [6.45, 7) is 2.29. The second-order valence-corrected chi connectivity index (χ2v) is 8.10. The van der Waals surface area contributed by atoms with E-state index in [4.69, 9.17) is 5.53 Å². The van der Waals surface area contributed by atoms with E-state index in [1.54, 1.807) is 0 Å². The minimum absolute atomic E-state index is 0.0993. The highest BCUT2D eigenvalue weighted by Gasteiger charge is 2.57. The first-order chi connectivity index (χ1) is 11.6. The van der Waals surface area contributed by atoms with Crippen molar-refractivity contribution in [1.82, 2.24) is 0 Å². The molecule has 0 heterocycles. The van der Waals surface area contributed by atoms with Gasteiger partial charge in [0.15, 0.2) is 0 Å². The highest BCUT2D eigenvalue weighted by atomic mass is 16.3. The third-order valence-corrected chi connectivity index (χ3v) is 7.15. The van der Waals surface area contributed by atoms with Crippen LogP contribution in [0.15, 0.2) is 23.3 Å². The minimum Gasteiger partial charge on any atom is -0.392 e. The van der Waals surface area contributed by atoms with Crippen molar-refractivity contribution >= 4 is 0 Å². The zero-order valence-corrected chi connectivity index (χ0v) is 14.1. The summed E-state index contributed by atoms with van der Waals surface area (Å²) >= 11 is 0. The molecule has 3 unspecified atom stereocenters. The fraction of sp³-hybridized carbons (Fsp3) is 0.684. The molecule has 0 spiro atoms. The predicted molar refractivity (Wildman–Crippen MR) is 91.3 cm³/mol. The van der Waals surface area contributed by atoms with Crippen LogP contribution in [-0.2, 0) is 13.0 Å². The van der Waals surface area contributed by atoms with Crippen LogP contribution >= 0.6 is 0 Å². The number of hydrogen-bond donors (Lipinski definition) is 2. The second kappa shape index (κ2) is 5.76. The molecule has 0 saturated heterocycles. The van der Waals surface area contributed by atoms with Crippen LogP contribution in [-0.4, -0.2) is 22.4 Å². The van der Waals surface area contributed by atoms with Crippen LogP contribution < -0.4 is 0 Å². The van der Waals surface area contributed by atoms with Crippen molar-refractivity contribution in [2.45, 2.75) is 63.7 Å². The number of azide groups is 1. The summed E-state index contributed by atoms with van der Waals surface area (Å²) in [4.78, 5) is 2.96. The maximum atomic E-state index is 10.7. The van der Waals surface area contributed by atoms with Gasteiger partial charge in [0.25, 0.3) is 0 Å². The lowest BCUT2D eigenvalue weighted by Gasteiger charge is -2.50. The standard InChI is InChI=1S/C19H25N3O2/c1-19-7-6-14-13-4-2-11(10-23)8-12(13)3-5-15(14)16(19)9-17(18(19)24)21-22-20/h2,4,8,14-18,23-24H,3,5-7,9-10H2,1H3/t14?,15?,16?,17-,18+,19-/m0/s1. The molecule has 3 aliphatic rings. The largest absolute Gasteiger partial charge is 0.392 e. The van der Waals surface area contributed by atoms with E-state index in [9.17, 15) is 10.2 Å². The number of aryl methyl sites for hydroxylation is 1. The Balaban J connectivity index is 1.67. The molecule has 5 nitrogen and oxygen atoms in total. The van der Waals surface area contributed by atoms with Crippen LogP contribution in [0, 0.1) is 17.3 Å². The number of hydrogen-bond acceptors (Lipinski definition) is 3. The molecular weight excluding hydrogens is 302 g/mol. The van der Waals surface area contributed by atoms with Crippen molar-refractivity contribution in [2.24, 2.45) is 22.4 Å². The van der Waals surface area contributed by atoms with Crippen molar-refractivity contribution in [3.8, 4) is 0 Å². The average molecular weight is 327 g/mol. The molecule has 0 amide bonds. The van der Waals surface area contributed by atoms with E-state index in [1.807, 2.05) is 6.07 Å². The van der Waals surface area contributed by atoms with Gasteiger partial charge in [0, 0.05) is 4.91 Å². The molecule has 1 aromatic rings. The molecule has 5 heteroatoms. The lowest BCUT2D eigenvalue weighted by atomic mass is 9.55. The minimum atomic E-state index is -0.516. The molecule has 2 saturated carbocycles. The molecule has 3 aliphatic carbocycles. The van der Waals surface area contributed by atoms with E-state index in [0.717, 1.165) is 37.7 Å². The van der Waals surface area contributed by atoms with Crippen LogP contribution in [0.2, 0.25) is 0 Å². The SMILES string of the molecule is C[C@]12CCC3c4ccc(CO)cc4CCC3C1C[C@H](N=[N+]=[N-])[C@H]2O. The van der Waals surface area contributed by atoms with Gasteiger partial charge in [-0.05, 0) is 77.5 Å². The van der Waals surface area contributed by atoms with Gasteiger partial charge in [-0.2, -0.15) is 0 Å². The molecular formula is C19H25N3O2. The number of rotatable bonds is 2. The lowest BCUT2D eigenvalue weighted by molar-refractivity contribution is -0.0255. The predicted octanol–water partition coefficient (Wildman–Crippen LogP) is 3.68. The van der Waals surface area contributed by atoms with Crippen molar-refractivity contribution in [3.63, 3.8) is 0 Å². The topological polar surface area (TPSA) is 89.2 Å². The fourth-order valence-electron chi connectivity index (χ4n) is 5.90. The average Bonchev–Trinajstić information content (AvgIpc) is 2.86. The zero-order chi connectivity index (χ0) is 16.9. The number of nitrogens with zero attached hydrogens (tertiary/aromatic N) is 3. The Morgan fingerprint density at radius 1 is 1.38 bits per heavy atom. The Labute approximate surface area is 142 Å². The monoisotopic (exact) mass is 327 g/mol. The molecule has 0 bridgehead atoms. The summed E-state index contributed by atoms with van der Waals surface area (Å²) in [5.41, 5.74) is 12.5. The van der Waals surface area contributed by atoms with E-state index < -0.39 is 6.10 Å². The summed E-state index contributed by atoms with van der Waals surface area (Å²) in [7, 11) is 0. The van der Waals surface area contributed by atoms with Crippen LogP contribution in [0.5, 0.6) is 0 Å². The molecule has 2 fully saturated rings. The number of fused-ring (bicyclic) bond motifs is 5. The van der Waals surface area contributed by atoms with Gasteiger partial charge < -0.3 is 10.2 Å². The highest BCUT2D eigenvalue weighted by Crippen LogP contribution is 2.61. The summed E-state index contributed by atoms with van der Waals surface area (Å²) < 4.78 is 0. The highest BCUT2D eigenvalue weighted by molar-refractivity contribution is 5.38. The van der Waals surface area contributed by atoms with Crippen molar-refractivity contribution in [1.29, 1.82) is 0 Å². The van der Waals surface area contributed by atoms with E-state index in [0.29, 0.717) is 17.8 Å². The van der Waals surface area contributed by atoms with E-state index in [2.05, 4.69) is 29.1 Å². The Morgan fingerprint density at radius 2 is 2.21 bits per heavy atom. The first-order valence-electron chi connectivity index (χ1n) is 9.03. The Bertz CT molecular complexity index is 700. The van der Waals surface area contributed by atoms with Crippen LogP contribution in [0.1, 0.15) is 55.2 Å². The molecule has 0 radical (unpaired) electrons. The van der Waals surface area contributed by atoms with Crippen molar-refractivity contribution < 1.29 is 10.2 Å². The molecule has 128 valence electrons. The third kappa shape index (κ3) is 2.19. The molecule has 6 atom stereocenters. The Kier molecular flexibility index (Phi) is 3.83. The van der Waals surface area contributed by atoms with Crippen molar-refractivity contribution in [3.05, 3.63) is 45.3 Å². The number of aliphatic hydroxyl groups is 2. The van der Waals surface area contributed by atoms with Crippen LogP contribution in [0.4, 0.5) is 0 Å². The molecule has 4 rings (SSSR count). The Hall–Kier alpha value is -1.55. The summed E-state index contributed by atoms with van der Waals surface area (Å²) in [5.74, 6) is 1.52. The summed E-state index contributed by atoms with van der Waals surface area (Å²) in [5, 5.41) is 24.0. The molecule has 1 aromatic carbocycles. The molecule has 2 N–H and O–H groups in total. The fourth-order valence-corrected chi connectivity index (χ4v) is 5.90. The number of aliphatic hydroxyl groups excluding tert-OH is 2. The summed E-state index contributed by atoms with van der Waals surface area (Å²) in [6, 6.07) is 6.13. The van der Waals surface area contributed by atoms with Gasteiger partial charge in [-0.1, -0.05) is 30.2 Å². The van der Waals surface area contributed by atoms with Gasteiger partial charge in [-0.25, -0.2) is 0 Å². The Morgan fingerprint density at radius 3 is 2.96 bits per heavy atom. The van der Waals surface area contributed by atoms with Gasteiger partial charge in [-0.15, -0.1) is 0 Å². The summed E-state index contributed by atoms with van der Waals surface area (Å²) in [6.07, 6.45) is 4.54. The van der Waals surface area contributed by atoms with Crippen molar-refractivity contribution in [2.75, 3.05) is 0 Å². The molecule has 0 aliphatic heterocycles. The molecule has 24 heavy (non-hydrogen) atoms. The second-order valence-electron chi connectivity index (χ2n) is 8.10. The van der Waals surface area contributed by atoms with Gasteiger partial charge >= 0.3 is 0 Å². The maximum absolute atomic E-state index is 10.7. The van der Waals surface area contributed by atoms with Crippen LogP contribution in [0.3, 0.4) is 0 Å². The molecule has 0 aromatic heterocycles. The first kappa shape index (κ1) is 15.9. The third-order valence-electron chi connectivity index (χ3n) is 7.15. The zero-order valence-electron chi connectivity index (χ0n) is 14.1. The normalized spacial score (nSPS) is 40.2. The quantitative estimate of drug-likeness (QED) is 0.493. The lowest BCUT2D eigenvalue weighted by Crippen LogP contribution is -2.44. The van der Waals surface area contributed by atoms with E-state index in [-0.39, 0.29) is 18.1 Å². The van der Waals surface area contributed by atoms with Gasteiger partial charge in [0.2, 0.25) is 0 Å².